The summed E-state index contributed by atoms with van der Waals surface area (Å²) in [5.74, 6) is -0.798. The molecule has 11 rings (SSSR count). The van der Waals surface area contributed by atoms with Gasteiger partial charge >= 0.3 is 0 Å². The van der Waals surface area contributed by atoms with Crippen molar-refractivity contribution >= 4 is 0 Å². The lowest BCUT2D eigenvalue weighted by atomic mass is 9.47. The first-order chi connectivity index (χ1) is 44.9. The van der Waals surface area contributed by atoms with Crippen LogP contribution < -0.4 is 0 Å². The van der Waals surface area contributed by atoms with Crippen LogP contribution in [0.5, 0.6) is 0 Å². The summed E-state index contributed by atoms with van der Waals surface area (Å²) in [5, 5.41) is 206. The number of aliphatic hydroxyl groups is 19. The molecule has 41 atom stereocenters. The normalized spacial score (nSPS) is 55.2. The molecule has 0 radical (unpaired) electrons. The summed E-state index contributed by atoms with van der Waals surface area (Å²) in [4.78, 5) is 0. The molecule has 0 amide bonds. The molecule has 4 aliphatic carbocycles. The Kier molecular flexibility index (Phi) is 23.3. The second-order valence-corrected chi connectivity index (χ2v) is 29.5. The molecule has 95 heavy (non-hydrogen) atoms. The van der Waals surface area contributed by atoms with E-state index in [0.717, 1.165) is 31.3 Å². The highest BCUT2D eigenvalue weighted by Crippen LogP contribution is 2.70. The Hall–Kier alpha value is -1.54. The maximum Gasteiger partial charge on any atom is 0.187 e. The molecule has 3 saturated carbocycles. The van der Waals surface area contributed by atoms with Gasteiger partial charge in [0.2, 0.25) is 0 Å². The average molecular weight is 1370 g/mol. The first-order valence-electron chi connectivity index (χ1n) is 33.8. The fourth-order valence-electron chi connectivity index (χ4n) is 17.8. The highest BCUT2D eigenvalue weighted by Gasteiger charge is 2.68. The van der Waals surface area contributed by atoms with E-state index in [4.69, 9.17) is 61.6 Å². The van der Waals surface area contributed by atoms with Gasteiger partial charge in [-0.3, -0.25) is 0 Å². The molecule has 0 bridgehead atoms. The van der Waals surface area contributed by atoms with E-state index in [2.05, 4.69) is 26.8 Å². The van der Waals surface area contributed by atoms with Gasteiger partial charge in [-0.25, -0.2) is 0 Å². The number of aliphatic hydroxyl groups excluding tert-OH is 18. The number of hydrogen-bond acceptors (Lipinski definition) is 32. The van der Waals surface area contributed by atoms with Crippen LogP contribution in [0, 0.1) is 46.3 Å². The molecule has 7 heterocycles. The smallest absolute Gasteiger partial charge is 0.187 e. The van der Waals surface area contributed by atoms with Crippen molar-refractivity contribution in [2.75, 3.05) is 33.0 Å². The summed E-state index contributed by atoms with van der Waals surface area (Å²) in [6.45, 7) is 8.62. The van der Waals surface area contributed by atoms with Crippen LogP contribution in [0.3, 0.4) is 0 Å². The van der Waals surface area contributed by atoms with Gasteiger partial charge in [0, 0.05) is 12.3 Å². The molecule has 32 heteroatoms. The Morgan fingerprint density at radius 2 is 1.01 bits per heavy atom. The molecule has 11 aliphatic rings. The average Bonchev–Trinajstić information content (AvgIpc) is 1.57. The first kappa shape index (κ1) is 74.6. The summed E-state index contributed by atoms with van der Waals surface area (Å²) in [5.41, 5.74) is 0.731. The molecule has 7 aliphatic heterocycles. The summed E-state index contributed by atoms with van der Waals surface area (Å²) >= 11 is 0. The van der Waals surface area contributed by atoms with Gasteiger partial charge in [-0.05, 0) is 106 Å². The van der Waals surface area contributed by atoms with E-state index in [1.165, 1.54) is 13.8 Å². The van der Waals surface area contributed by atoms with Gasteiger partial charge in [0.1, 0.15) is 134 Å². The van der Waals surface area contributed by atoms with Crippen molar-refractivity contribution < 1.29 is 159 Å². The Morgan fingerprint density at radius 3 is 1.64 bits per heavy atom. The van der Waals surface area contributed by atoms with Gasteiger partial charge in [-0.15, -0.1) is 0 Å². The molecule has 10 fully saturated rings. The van der Waals surface area contributed by atoms with Gasteiger partial charge in [0.15, 0.2) is 43.5 Å². The third kappa shape index (κ3) is 14.0. The molecular formula is C63H104O32. The zero-order valence-corrected chi connectivity index (χ0v) is 54.2. The van der Waals surface area contributed by atoms with Crippen molar-refractivity contribution in [3.63, 3.8) is 0 Å². The summed E-state index contributed by atoms with van der Waals surface area (Å²) in [6.07, 6.45) is -42.4. The van der Waals surface area contributed by atoms with Crippen LogP contribution in [-0.2, 0) is 61.6 Å². The van der Waals surface area contributed by atoms with Crippen molar-refractivity contribution in [2.45, 2.75) is 302 Å². The number of hydrogen-bond donors (Lipinski definition) is 19. The van der Waals surface area contributed by atoms with Gasteiger partial charge in [0.25, 0.3) is 0 Å². The molecule has 19 N–H and O–H groups in total. The third-order valence-electron chi connectivity index (χ3n) is 23.7. The van der Waals surface area contributed by atoms with Crippen LogP contribution in [0.15, 0.2) is 11.6 Å². The molecule has 0 aromatic carbocycles. The van der Waals surface area contributed by atoms with Crippen molar-refractivity contribution in [1.82, 2.24) is 0 Å². The Balaban J connectivity index is 0.762. The fraction of sp³-hybridized carbons (Fsp3) is 0.968. The van der Waals surface area contributed by atoms with Crippen LogP contribution >= 0.6 is 0 Å². The summed E-state index contributed by atoms with van der Waals surface area (Å²) < 4.78 is 78.5. The van der Waals surface area contributed by atoms with E-state index >= 15 is 0 Å². The Morgan fingerprint density at radius 1 is 0.505 bits per heavy atom. The van der Waals surface area contributed by atoms with Crippen molar-refractivity contribution in [3.8, 4) is 0 Å². The predicted molar refractivity (Wildman–Crippen MR) is 314 cm³/mol. The summed E-state index contributed by atoms with van der Waals surface area (Å²) in [7, 11) is 0. The van der Waals surface area contributed by atoms with Crippen LogP contribution in [0.4, 0.5) is 0 Å². The van der Waals surface area contributed by atoms with Crippen molar-refractivity contribution in [3.05, 3.63) is 11.6 Å². The maximum atomic E-state index is 12.2. The molecule has 548 valence electrons. The SMILES string of the molecule is CC(CC[C@@]1(O)OC2CC3C4CC=C5C[C@@H](O[C@@H]6O[C@H](CO)[C@@H](O)[C@H](O[C@@H]7O[C@H](CO)[C@@H](O)[C@H](O)[C@H]7O)[C@H]6O[C@H]6O[C@H](CO[C@@H]7O[C@H](C)[C@@H](O[C@H]8O[C@H](C)[C@@H](O)[C@H](O)[C@@H]8O)[C@H](O)[C@@H]7O)[C@@H](O)[C@H](O)[C@H]6O)CC[C@]5(C)C4CC[C@]3(C)C2[C@@H]1C)CO[C@@H]1O[C@H](CO)[C@@H](O)[C@H](O)[C@H]1O. The van der Waals surface area contributed by atoms with Crippen LogP contribution in [0.25, 0.3) is 0 Å². The Labute approximate surface area is 549 Å². The minimum atomic E-state index is -2.08. The third-order valence-corrected chi connectivity index (χ3v) is 23.7. The van der Waals surface area contributed by atoms with E-state index in [1.54, 1.807) is 0 Å². The zero-order valence-electron chi connectivity index (χ0n) is 54.2. The molecule has 32 nitrogen and oxygen atoms in total. The first-order valence-corrected chi connectivity index (χ1v) is 33.8. The lowest BCUT2D eigenvalue weighted by Crippen LogP contribution is -2.67. The number of fused-ring (bicyclic) bond motifs is 7. The quantitative estimate of drug-likeness (QED) is 0.0504. The number of allylic oxidation sites excluding steroid dienone is 1. The lowest BCUT2D eigenvalue weighted by molar-refractivity contribution is -0.397. The number of rotatable bonds is 20. The van der Waals surface area contributed by atoms with Gasteiger partial charge in [-0.1, -0.05) is 39.3 Å². The molecule has 0 aromatic heterocycles. The molecule has 7 saturated heterocycles. The van der Waals surface area contributed by atoms with Crippen molar-refractivity contribution in [1.29, 1.82) is 0 Å². The number of ether oxygens (including phenoxy) is 13. The Bertz CT molecular complexity index is 2540. The van der Waals surface area contributed by atoms with Gasteiger partial charge < -0.3 is 159 Å². The second-order valence-electron chi connectivity index (χ2n) is 29.5. The van der Waals surface area contributed by atoms with Crippen LogP contribution in [0.2, 0.25) is 0 Å². The molecule has 6 unspecified atom stereocenters. The highest BCUT2D eigenvalue weighted by atomic mass is 16.8. The minimum Gasteiger partial charge on any atom is -0.394 e. The minimum absolute atomic E-state index is 0.0778. The largest absolute Gasteiger partial charge is 0.394 e. The molecule has 0 spiro atoms. The van der Waals surface area contributed by atoms with E-state index in [0.29, 0.717) is 38.0 Å². The van der Waals surface area contributed by atoms with Crippen molar-refractivity contribution in [2.24, 2.45) is 46.3 Å². The monoisotopic (exact) mass is 1370 g/mol. The molecule has 0 aromatic rings. The van der Waals surface area contributed by atoms with Gasteiger partial charge in [0.05, 0.1) is 57.5 Å². The fourth-order valence-corrected chi connectivity index (χ4v) is 17.8. The van der Waals surface area contributed by atoms with E-state index < -0.39 is 223 Å². The van der Waals surface area contributed by atoms with Crippen LogP contribution in [-0.4, -0.2) is 332 Å². The van der Waals surface area contributed by atoms with E-state index in [9.17, 15) is 97.0 Å². The topological polar surface area (TPSA) is 504 Å². The van der Waals surface area contributed by atoms with E-state index in [1.807, 2.05) is 6.92 Å². The standard InChI is InChI=1S/C63H104O32/c1-22(20-83-56-47(77)43(73)38(68)32(17-64)88-56)9-14-63(82)23(2)36-31(95-63)16-30-28-8-7-26-15-27(10-12-61(26,5)29(28)11-13-62(30,36)6)87-60-54(53(41(71)34(19-66)90-60)93-58-49(79)44(74)39(69)33(18-65)89-58)94-59-50(80)45(75)40(70)35(91-59)21-84-55-51(81)46(76)52(25(4)86-55)92-57-48(78)42(72)37(67)24(3)85-57/h7,22-25,27-60,64-82H,8-21H2,1-6H3/t22?,23-,24+,25+,27-,28?,29?,30?,31?,32+,33+,34+,35+,36?,37+,38+,39+,40+,41+,42-,43-,44-,45-,46+,47+,48-,49+,50+,51-,52+,53-,54+,55+,56+,57+,58-,59+,60+,61-,62-,63+/m0/s1. The zero-order chi connectivity index (χ0) is 68.8. The second kappa shape index (κ2) is 29.7. The van der Waals surface area contributed by atoms with Crippen LogP contribution in [0.1, 0.15) is 99.3 Å². The summed E-state index contributed by atoms with van der Waals surface area (Å²) in [6, 6.07) is 0. The maximum absolute atomic E-state index is 12.2. The molecular weight excluding hydrogens is 1270 g/mol. The highest BCUT2D eigenvalue weighted by molar-refractivity contribution is 5.26. The van der Waals surface area contributed by atoms with E-state index in [-0.39, 0.29) is 53.1 Å². The predicted octanol–water partition coefficient (Wildman–Crippen LogP) is -6.33. The lowest BCUT2D eigenvalue weighted by Gasteiger charge is -2.58. The van der Waals surface area contributed by atoms with Gasteiger partial charge in [-0.2, -0.15) is 0 Å².